The quantitative estimate of drug-likeness (QED) is 0.186. The predicted molar refractivity (Wildman–Crippen MR) is 198 cm³/mol. The van der Waals surface area contributed by atoms with Crippen molar-refractivity contribution in [2.45, 2.75) is 19.3 Å². The van der Waals surface area contributed by atoms with Crippen molar-refractivity contribution in [1.29, 1.82) is 0 Å². The summed E-state index contributed by atoms with van der Waals surface area (Å²) in [5.41, 5.74) is 9.22. The van der Waals surface area contributed by atoms with Crippen LogP contribution in [0, 0.1) is 0 Å². The van der Waals surface area contributed by atoms with Gasteiger partial charge in [0.25, 0.3) is 0 Å². The molecule has 0 fully saturated rings. The first kappa shape index (κ1) is 27.0. The van der Waals surface area contributed by atoms with Crippen molar-refractivity contribution in [3.05, 3.63) is 157 Å². The summed E-state index contributed by atoms with van der Waals surface area (Å²) < 4.78 is 2.29. The highest BCUT2D eigenvalue weighted by Gasteiger charge is 2.39. The van der Waals surface area contributed by atoms with E-state index in [0.717, 1.165) is 22.2 Å². The minimum absolute atomic E-state index is 0.229. The van der Waals surface area contributed by atoms with E-state index in [2.05, 4.69) is 128 Å². The van der Waals surface area contributed by atoms with Gasteiger partial charge in [-0.1, -0.05) is 153 Å². The van der Waals surface area contributed by atoms with Crippen LogP contribution >= 0.6 is 0 Å². The Morgan fingerprint density at radius 3 is 1.75 bits per heavy atom. The second-order valence-electron chi connectivity index (χ2n) is 13.2. The van der Waals surface area contributed by atoms with E-state index in [-0.39, 0.29) is 5.41 Å². The van der Waals surface area contributed by atoms with E-state index in [9.17, 15) is 0 Å². The van der Waals surface area contributed by atoms with Gasteiger partial charge in [0, 0.05) is 32.7 Å². The highest BCUT2D eigenvalue weighted by molar-refractivity contribution is 6.27. The van der Waals surface area contributed by atoms with Gasteiger partial charge in [-0.25, -0.2) is 4.98 Å². The minimum Gasteiger partial charge on any atom is -0.277 e. The fourth-order valence-corrected chi connectivity index (χ4v) is 8.12. The number of aromatic nitrogens is 4. The molecule has 2 aromatic heterocycles. The summed E-state index contributed by atoms with van der Waals surface area (Å²) in [7, 11) is 0. The fourth-order valence-electron chi connectivity index (χ4n) is 8.12. The molecule has 0 atom stereocenters. The zero-order chi connectivity index (χ0) is 32.0. The average molecular weight is 615 g/mol. The van der Waals surface area contributed by atoms with Gasteiger partial charge in [-0.3, -0.25) is 4.57 Å². The zero-order valence-corrected chi connectivity index (χ0v) is 26.6. The molecule has 0 bridgehead atoms. The first-order chi connectivity index (χ1) is 23.6. The molecule has 0 saturated carbocycles. The number of rotatable bonds is 3. The summed E-state index contributed by atoms with van der Waals surface area (Å²) in [6.07, 6.45) is 0. The monoisotopic (exact) mass is 614 g/mol. The van der Waals surface area contributed by atoms with E-state index in [0.29, 0.717) is 17.6 Å². The van der Waals surface area contributed by atoms with Crippen molar-refractivity contribution in [2.24, 2.45) is 0 Å². The Bertz CT molecular complexity index is 2680. The highest BCUT2D eigenvalue weighted by atomic mass is 15.2. The van der Waals surface area contributed by atoms with Crippen LogP contribution in [0.3, 0.4) is 0 Å². The highest BCUT2D eigenvalue weighted by Crippen LogP contribution is 2.56. The van der Waals surface area contributed by atoms with Gasteiger partial charge in [0.15, 0.2) is 11.6 Å². The van der Waals surface area contributed by atoms with Crippen LogP contribution in [-0.2, 0) is 5.41 Å². The fraction of sp³-hybridized carbons (Fsp3) is 0.0682. The molecule has 4 heteroatoms. The van der Waals surface area contributed by atoms with Gasteiger partial charge in [-0.15, -0.1) is 0 Å². The predicted octanol–water partition coefficient (Wildman–Crippen LogP) is 10.9. The summed E-state index contributed by atoms with van der Waals surface area (Å²) in [5, 5.41) is 7.39. The largest absolute Gasteiger partial charge is 0.277 e. The molecule has 0 amide bonds. The molecular weight excluding hydrogens is 585 g/mol. The lowest BCUT2D eigenvalue weighted by atomic mass is 9.78. The number of nitrogens with zero attached hydrogens (tertiary/aromatic N) is 4. The molecule has 0 radical (unpaired) electrons. The molecular formula is C44H30N4. The minimum atomic E-state index is -0.229. The van der Waals surface area contributed by atoms with Crippen molar-refractivity contribution in [3.63, 3.8) is 0 Å². The van der Waals surface area contributed by atoms with Crippen LogP contribution in [0.1, 0.15) is 25.0 Å². The molecule has 10 rings (SSSR count). The third kappa shape index (κ3) is 3.68. The smallest absolute Gasteiger partial charge is 0.238 e. The van der Waals surface area contributed by atoms with E-state index in [1.165, 1.54) is 54.6 Å². The third-order valence-corrected chi connectivity index (χ3v) is 10.2. The van der Waals surface area contributed by atoms with Crippen molar-refractivity contribution in [1.82, 2.24) is 19.5 Å². The number of benzene rings is 7. The maximum atomic E-state index is 5.25. The lowest BCUT2D eigenvalue weighted by molar-refractivity contribution is 0.667. The van der Waals surface area contributed by atoms with Gasteiger partial charge in [0.05, 0.1) is 11.0 Å². The molecule has 9 aromatic rings. The van der Waals surface area contributed by atoms with Crippen LogP contribution in [0.25, 0.3) is 83.2 Å². The van der Waals surface area contributed by atoms with Crippen LogP contribution in [0.5, 0.6) is 0 Å². The lowest BCUT2D eigenvalue weighted by Crippen LogP contribution is -2.16. The average Bonchev–Trinajstić information content (AvgIpc) is 3.61. The normalized spacial score (nSPS) is 13.4. The second-order valence-corrected chi connectivity index (χ2v) is 13.2. The van der Waals surface area contributed by atoms with Gasteiger partial charge in [0.1, 0.15) is 0 Å². The third-order valence-electron chi connectivity index (χ3n) is 10.2. The molecule has 48 heavy (non-hydrogen) atoms. The molecule has 2 heterocycles. The second kappa shape index (κ2) is 9.93. The van der Waals surface area contributed by atoms with Crippen LogP contribution in [0.15, 0.2) is 146 Å². The number of hydrogen-bond acceptors (Lipinski definition) is 3. The number of fused-ring (bicyclic) bond motifs is 12. The Morgan fingerprint density at radius 2 is 1.04 bits per heavy atom. The SMILES string of the molecule is CC1(C)c2ccccc2-c2c1c1c(ccc3c4ccccc4n(-c4nc(-c5ccccc5)nc(-c5ccccc5)n4)c31)c1ccccc21. The van der Waals surface area contributed by atoms with Crippen molar-refractivity contribution in [2.75, 3.05) is 0 Å². The van der Waals surface area contributed by atoms with Crippen molar-refractivity contribution < 1.29 is 0 Å². The summed E-state index contributed by atoms with van der Waals surface area (Å²) >= 11 is 0. The van der Waals surface area contributed by atoms with Gasteiger partial charge in [-0.05, 0) is 44.5 Å². The summed E-state index contributed by atoms with van der Waals surface area (Å²) in [5.74, 6) is 1.90. The Kier molecular flexibility index (Phi) is 5.59. The Hall–Kier alpha value is -6.13. The van der Waals surface area contributed by atoms with Gasteiger partial charge < -0.3 is 0 Å². The van der Waals surface area contributed by atoms with Crippen molar-refractivity contribution in [3.8, 4) is 39.9 Å². The molecule has 0 spiro atoms. The van der Waals surface area contributed by atoms with Gasteiger partial charge in [0.2, 0.25) is 5.95 Å². The van der Waals surface area contributed by atoms with E-state index in [1.54, 1.807) is 0 Å². The molecule has 0 aliphatic heterocycles. The molecule has 0 N–H and O–H groups in total. The maximum absolute atomic E-state index is 5.25. The molecule has 0 saturated heterocycles. The van der Waals surface area contributed by atoms with Crippen LogP contribution in [0.2, 0.25) is 0 Å². The summed E-state index contributed by atoms with van der Waals surface area (Å²) in [6, 6.07) is 51.5. The van der Waals surface area contributed by atoms with Crippen LogP contribution in [0.4, 0.5) is 0 Å². The summed E-state index contributed by atoms with van der Waals surface area (Å²) in [4.78, 5) is 15.5. The molecule has 7 aromatic carbocycles. The molecule has 1 aliphatic carbocycles. The maximum Gasteiger partial charge on any atom is 0.238 e. The number of hydrogen-bond donors (Lipinski definition) is 0. The van der Waals surface area contributed by atoms with E-state index < -0.39 is 0 Å². The van der Waals surface area contributed by atoms with E-state index in [1.807, 2.05) is 36.4 Å². The first-order valence-electron chi connectivity index (χ1n) is 16.5. The molecule has 226 valence electrons. The Balaban J connectivity index is 1.43. The number of para-hydroxylation sites is 1. The van der Waals surface area contributed by atoms with Gasteiger partial charge >= 0.3 is 0 Å². The van der Waals surface area contributed by atoms with Crippen LogP contribution < -0.4 is 0 Å². The standard InChI is InChI=1S/C44H30N4/c1-44(2)35-23-13-11-22-34(35)37-31-21-10-9-19-29(31)32-25-26-33-30-20-12-14-24-36(30)48(40(33)38(32)39(37)44)43-46-41(27-15-5-3-6-16-27)45-42(47-43)28-17-7-4-8-18-28/h3-26H,1-2H3. The van der Waals surface area contributed by atoms with Crippen LogP contribution in [-0.4, -0.2) is 19.5 Å². The summed E-state index contributed by atoms with van der Waals surface area (Å²) in [6.45, 7) is 4.75. The Labute approximate surface area is 278 Å². The van der Waals surface area contributed by atoms with E-state index >= 15 is 0 Å². The zero-order valence-electron chi connectivity index (χ0n) is 26.6. The van der Waals surface area contributed by atoms with E-state index in [4.69, 9.17) is 15.0 Å². The lowest BCUT2D eigenvalue weighted by Gasteiger charge is -2.25. The molecule has 4 nitrogen and oxygen atoms in total. The topological polar surface area (TPSA) is 43.6 Å². The molecule has 0 unspecified atom stereocenters. The Morgan fingerprint density at radius 1 is 0.479 bits per heavy atom. The van der Waals surface area contributed by atoms with Crippen molar-refractivity contribution >= 4 is 43.4 Å². The van der Waals surface area contributed by atoms with Gasteiger partial charge in [-0.2, -0.15) is 9.97 Å². The first-order valence-corrected chi connectivity index (χ1v) is 16.5. The molecule has 1 aliphatic rings.